The molecule has 24 heavy (non-hydrogen) atoms. The van der Waals surface area contributed by atoms with Crippen LogP contribution in [0.1, 0.15) is 13.8 Å². The fraction of sp³-hybridized carbons (Fsp3) is 0.429. The zero-order valence-electron chi connectivity index (χ0n) is 13.5. The lowest BCUT2D eigenvalue weighted by Gasteiger charge is -2.24. The Hall–Kier alpha value is -2.39. The number of tetrazole rings is 1. The van der Waals surface area contributed by atoms with Crippen molar-refractivity contribution < 1.29 is 14.4 Å². The Kier molecular flexibility index (Phi) is 5.93. The summed E-state index contributed by atoms with van der Waals surface area (Å²) in [5, 5.41) is 7.77. The molecule has 0 aliphatic carbocycles. The maximum atomic E-state index is 12.2. The second-order valence-electron chi connectivity index (χ2n) is 5.16. The molecule has 10 heteroatoms. The Labute approximate surface area is 143 Å². The number of ether oxygens (including phenoxy) is 1. The van der Waals surface area contributed by atoms with Gasteiger partial charge in [0.15, 0.2) is 0 Å². The summed E-state index contributed by atoms with van der Waals surface area (Å²) >= 11 is 5.81. The number of nitrogens with zero attached hydrogens (tertiary/aromatic N) is 5. The van der Waals surface area contributed by atoms with Crippen LogP contribution in [-0.4, -0.2) is 57.3 Å². The summed E-state index contributed by atoms with van der Waals surface area (Å²) in [5.41, 5.74) is -0.257. The van der Waals surface area contributed by atoms with E-state index in [9.17, 15) is 9.59 Å². The number of aromatic nitrogens is 4. The largest absolute Gasteiger partial charge is 0.436 e. The first-order valence-electron chi connectivity index (χ1n) is 7.23. The van der Waals surface area contributed by atoms with Crippen LogP contribution in [-0.2, 0) is 4.74 Å². The number of amides is 1. The molecule has 130 valence electrons. The molecule has 0 radical (unpaired) electrons. The second-order valence-corrected chi connectivity index (χ2v) is 5.60. The molecular weight excluding hydrogens is 338 g/mol. The number of benzene rings is 1. The first kappa shape index (κ1) is 18.0. The first-order chi connectivity index (χ1) is 11.4. The summed E-state index contributed by atoms with van der Waals surface area (Å²) in [6, 6.07) is 6.29. The molecule has 0 N–H and O–H groups in total. The van der Waals surface area contributed by atoms with E-state index in [4.69, 9.17) is 21.2 Å². The van der Waals surface area contributed by atoms with E-state index in [1.54, 1.807) is 24.3 Å². The van der Waals surface area contributed by atoms with E-state index in [1.165, 1.54) is 12.0 Å². The van der Waals surface area contributed by atoms with Gasteiger partial charge in [0.25, 0.3) is 0 Å². The quantitative estimate of drug-likeness (QED) is 0.717. The van der Waals surface area contributed by atoms with Crippen LogP contribution in [0.2, 0.25) is 5.02 Å². The molecule has 1 amide bonds. The van der Waals surface area contributed by atoms with Gasteiger partial charge in [-0.15, -0.1) is 0 Å². The number of hydrogen-bond acceptors (Lipinski definition) is 6. The summed E-state index contributed by atoms with van der Waals surface area (Å²) in [7, 11) is 1.53. The van der Waals surface area contributed by atoms with Crippen LogP contribution in [0.4, 0.5) is 4.79 Å². The highest BCUT2D eigenvalue weighted by Crippen LogP contribution is 2.10. The van der Waals surface area contributed by atoms with Crippen molar-refractivity contribution in [2.75, 3.05) is 20.3 Å². The smallest absolute Gasteiger partial charge is 0.383 e. The minimum atomic E-state index is -0.715. The van der Waals surface area contributed by atoms with Crippen LogP contribution >= 0.6 is 11.6 Å². The van der Waals surface area contributed by atoms with Crippen LogP contribution in [0.25, 0.3) is 5.69 Å². The van der Waals surface area contributed by atoms with E-state index < -0.39 is 11.8 Å². The molecule has 2 aromatic rings. The fourth-order valence-electron chi connectivity index (χ4n) is 1.91. The van der Waals surface area contributed by atoms with Crippen molar-refractivity contribution in [1.82, 2.24) is 24.9 Å². The maximum absolute atomic E-state index is 12.2. The number of methoxy groups -OCH3 is 1. The molecule has 1 aromatic carbocycles. The highest BCUT2D eigenvalue weighted by atomic mass is 35.5. The van der Waals surface area contributed by atoms with Crippen molar-refractivity contribution in [3.8, 4) is 5.69 Å². The number of carbonyl (C=O) groups is 1. The van der Waals surface area contributed by atoms with Crippen LogP contribution in [0.3, 0.4) is 0 Å². The van der Waals surface area contributed by atoms with Gasteiger partial charge >= 0.3 is 11.8 Å². The summed E-state index contributed by atoms with van der Waals surface area (Å²) in [6.07, 6.45) is -0.715. The fourth-order valence-corrected chi connectivity index (χ4v) is 2.04. The molecule has 0 saturated carbocycles. The molecule has 0 unspecified atom stereocenters. The van der Waals surface area contributed by atoms with Gasteiger partial charge in [0.2, 0.25) is 0 Å². The highest BCUT2D eigenvalue weighted by Gasteiger charge is 2.21. The zero-order valence-corrected chi connectivity index (χ0v) is 14.3. The van der Waals surface area contributed by atoms with Crippen molar-refractivity contribution in [3.63, 3.8) is 0 Å². The van der Waals surface area contributed by atoms with E-state index in [0.717, 1.165) is 4.68 Å². The van der Waals surface area contributed by atoms with Gasteiger partial charge < -0.3 is 9.64 Å². The van der Waals surface area contributed by atoms with Gasteiger partial charge in [-0.2, -0.15) is 4.68 Å². The Morgan fingerprint density at radius 1 is 1.29 bits per heavy atom. The SMILES string of the molecule is COCCN(C(=O)On1nnn(-c2ccc(Cl)cc2)c1=O)C(C)C. The van der Waals surface area contributed by atoms with Crippen molar-refractivity contribution in [2.45, 2.75) is 19.9 Å². The van der Waals surface area contributed by atoms with Gasteiger partial charge in [0, 0.05) is 24.7 Å². The van der Waals surface area contributed by atoms with Gasteiger partial charge in [-0.25, -0.2) is 9.59 Å². The van der Waals surface area contributed by atoms with Crippen molar-refractivity contribution >= 4 is 17.7 Å². The molecule has 0 saturated heterocycles. The molecule has 2 rings (SSSR count). The first-order valence-corrected chi connectivity index (χ1v) is 7.60. The molecule has 0 aliphatic heterocycles. The minimum absolute atomic E-state index is 0.130. The lowest BCUT2D eigenvalue weighted by atomic mass is 10.3. The highest BCUT2D eigenvalue weighted by molar-refractivity contribution is 6.30. The van der Waals surface area contributed by atoms with E-state index in [2.05, 4.69) is 10.4 Å². The maximum Gasteiger partial charge on any atom is 0.436 e. The Morgan fingerprint density at radius 3 is 2.54 bits per heavy atom. The predicted molar refractivity (Wildman–Crippen MR) is 86.3 cm³/mol. The lowest BCUT2D eigenvalue weighted by molar-refractivity contribution is 0.0539. The van der Waals surface area contributed by atoms with E-state index >= 15 is 0 Å². The summed E-state index contributed by atoms with van der Waals surface area (Å²) in [6.45, 7) is 4.32. The Morgan fingerprint density at radius 2 is 1.96 bits per heavy atom. The predicted octanol–water partition coefficient (Wildman–Crippen LogP) is 0.988. The normalized spacial score (nSPS) is 10.9. The van der Waals surface area contributed by atoms with E-state index in [1.807, 2.05) is 13.8 Å². The second kappa shape index (κ2) is 7.93. The summed E-state index contributed by atoms with van der Waals surface area (Å²) in [5.74, 6) is 0. The number of carbonyl (C=O) groups excluding carboxylic acids is 1. The lowest BCUT2D eigenvalue weighted by Crippen LogP contribution is -2.45. The summed E-state index contributed by atoms with van der Waals surface area (Å²) in [4.78, 5) is 31.4. The Bertz CT molecular complexity index is 740. The number of halogens is 1. The van der Waals surface area contributed by atoms with Crippen LogP contribution in [0, 0.1) is 0 Å². The van der Waals surface area contributed by atoms with Crippen molar-refractivity contribution in [1.29, 1.82) is 0 Å². The molecular formula is C14H18ClN5O4. The number of rotatable bonds is 6. The molecule has 0 spiro atoms. The Balaban J connectivity index is 2.17. The minimum Gasteiger partial charge on any atom is -0.383 e. The monoisotopic (exact) mass is 355 g/mol. The summed E-state index contributed by atoms with van der Waals surface area (Å²) < 4.78 is 5.96. The van der Waals surface area contributed by atoms with Gasteiger partial charge in [-0.1, -0.05) is 11.6 Å². The molecule has 0 bridgehead atoms. The van der Waals surface area contributed by atoms with E-state index in [0.29, 0.717) is 28.7 Å². The standard InChI is InChI=1S/C14H18ClN5O4/c1-10(2)18(8-9-23-3)14(22)24-20-13(21)19(16-17-20)12-6-4-11(15)5-7-12/h4-7,10H,8-9H2,1-3H3. The van der Waals surface area contributed by atoms with Crippen LogP contribution in [0.15, 0.2) is 29.1 Å². The molecule has 0 aliphatic rings. The third kappa shape index (κ3) is 4.12. The average Bonchev–Trinajstić information content (AvgIpc) is 2.89. The van der Waals surface area contributed by atoms with Gasteiger partial charge in [0.1, 0.15) is 0 Å². The molecule has 0 atom stereocenters. The third-order valence-electron chi connectivity index (χ3n) is 3.19. The van der Waals surface area contributed by atoms with Gasteiger partial charge in [0.05, 0.1) is 12.3 Å². The van der Waals surface area contributed by atoms with Crippen LogP contribution < -0.4 is 10.5 Å². The van der Waals surface area contributed by atoms with Crippen LogP contribution in [0.5, 0.6) is 0 Å². The van der Waals surface area contributed by atoms with Crippen molar-refractivity contribution in [2.24, 2.45) is 0 Å². The molecule has 0 fully saturated rings. The third-order valence-corrected chi connectivity index (χ3v) is 3.44. The zero-order chi connectivity index (χ0) is 17.7. The van der Waals surface area contributed by atoms with Gasteiger partial charge in [-0.05, 0) is 53.4 Å². The topological polar surface area (TPSA) is 91.5 Å². The molecule has 1 aromatic heterocycles. The molecule has 1 heterocycles. The van der Waals surface area contributed by atoms with Gasteiger partial charge in [-0.3, -0.25) is 4.84 Å². The van der Waals surface area contributed by atoms with E-state index in [-0.39, 0.29) is 6.04 Å². The molecule has 9 nitrogen and oxygen atoms in total. The van der Waals surface area contributed by atoms with Crippen molar-refractivity contribution in [3.05, 3.63) is 39.8 Å². The average molecular weight is 356 g/mol. The number of hydrogen-bond donors (Lipinski definition) is 0.